The summed E-state index contributed by atoms with van der Waals surface area (Å²) in [6, 6.07) is 13.8. The molecule has 0 saturated carbocycles. The van der Waals surface area contributed by atoms with Crippen LogP contribution >= 0.6 is 27.5 Å². The van der Waals surface area contributed by atoms with Crippen molar-refractivity contribution < 1.29 is 33.4 Å². The highest BCUT2D eigenvalue weighted by atomic mass is 79.9. The van der Waals surface area contributed by atoms with Crippen LogP contribution < -0.4 is 29.7 Å². The van der Waals surface area contributed by atoms with Crippen LogP contribution in [0.2, 0.25) is 5.02 Å². The third-order valence-corrected chi connectivity index (χ3v) is 6.95. The van der Waals surface area contributed by atoms with Gasteiger partial charge < -0.3 is 19.5 Å². The summed E-state index contributed by atoms with van der Waals surface area (Å²) in [4.78, 5) is 52.0. The maximum atomic E-state index is 13.3. The minimum absolute atomic E-state index is 0.252. The van der Waals surface area contributed by atoms with E-state index >= 15 is 0 Å². The third-order valence-electron chi connectivity index (χ3n) is 5.95. The van der Waals surface area contributed by atoms with Gasteiger partial charge in [0.05, 0.1) is 23.4 Å². The van der Waals surface area contributed by atoms with Gasteiger partial charge in [-0.25, -0.2) is 9.69 Å². The van der Waals surface area contributed by atoms with Gasteiger partial charge in [-0.2, -0.15) is 0 Å². The number of carbonyl (C=O) groups is 4. The Labute approximate surface area is 255 Å². The van der Waals surface area contributed by atoms with Crippen LogP contribution in [0.5, 0.6) is 17.2 Å². The van der Waals surface area contributed by atoms with Gasteiger partial charge in [0, 0.05) is 10.7 Å². The van der Waals surface area contributed by atoms with E-state index in [2.05, 4.69) is 26.6 Å². The normalized spacial score (nSPS) is 14.1. The van der Waals surface area contributed by atoms with Gasteiger partial charge in [-0.05, 0) is 102 Å². The van der Waals surface area contributed by atoms with Crippen LogP contribution in [-0.4, -0.2) is 43.6 Å². The summed E-state index contributed by atoms with van der Waals surface area (Å²) in [7, 11) is 0. The van der Waals surface area contributed by atoms with Gasteiger partial charge in [-0.1, -0.05) is 17.7 Å². The molecule has 0 radical (unpaired) electrons. The highest BCUT2D eigenvalue weighted by Gasteiger charge is 2.37. The number of benzene rings is 3. The first kappa shape index (κ1) is 30.6. The molecular formula is C30H27BrClN3O7. The standard InChI is InChI=1S/C30H27BrClN3O7/c1-4-40-21-10-8-20(9-11-21)35-29(38)22(28(37)34-30(35)39)12-18-13-23(31)27(25(14-18)41-5-2)42-16-26(36)33-19-7-6-17(3)24(32)15-19/h6-15H,4-5,16H2,1-3H3,(H,33,36)(H,34,37,39)/b22-12+. The van der Waals surface area contributed by atoms with Crippen molar-refractivity contribution in [3.63, 3.8) is 0 Å². The number of rotatable bonds is 10. The number of nitrogens with one attached hydrogen (secondary N) is 2. The third kappa shape index (κ3) is 7.10. The number of nitrogens with zero attached hydrogens (tertiary/aromatic N) is 1. The molecule has 3 aromatic carbocycles. The molecule has 4 rings (SSSR count). The fourth-order valence-corrected chi connectivity index (χ4v) is 4.75. The van der Waals surface area contributed by atoms with Gasteiger partial charge in [0.2, 0.25) is 0 Å². The van der Waals surface area contributed by atoms with E-state index < -0.39 is 23.8 Å². The second-order valence-corrected chi connectivity index (χ2v) is 10.2. The molecule has 3 aromatic rings. The first-order valence-corrected chi connectivity index (χ1v) is 14.1. The minimum atomic E-state index is -0.863. The van der Waals surface area contributed by atoms with Crippen LogP contribution in [0.1, 0.15) is 25.0 Å². The van der Waals surface area contributed by atoms with Gasteiger partial charge in [0.15, 0.2) is 18.1 Å². The predicted octanol–water partition coefficient (Wildman–Crippen LogP) is 5.89. The molecular weight excluding hydrogens is 630 g/mol. The van der Waals surface area contributed by atoms with Crippen LogP contribution in [0.25, 0.3) is 6.08 Å². The first-order chi connectivity index (χ1) is 20.1. The summed E-state index contributed by atoms with van der Waals surface area (Å²) in [5.41, 5.74) is 1.83. The van der Waals surface area contributed by atoms with Gasteiger partial charge >= 0.3 is 6.03 Å². The molecule has 42 heavy (non-hydrogen) atoms. The molecule has 218 valence electrons. The van der Waals surface area contributed by atoms with Crippen molar-refractivity contribution in [2.45, 2.75) is 20.8 Å². The van der Waals surface area contributed by atoms with Crippen molar-refractivity contribution >= 4 is 68.7 Å². The Hall–Kier alpha value is -4.35. The first-order valence-electron chi connectivity index (χ1n) is 12.9. The number of imide groups is 2. The Kier molecular flexibility index (Phi) is 9.87. The van der Waals surface area contributed by atoms with Crippen LogP contribution in [0.4, 0.5) is 16.2 Å². The van der Waals surface area contributed by atoms with Crippen molar-refractivity contribution in [2.75, 3.05) is 30.0 Å². The number of urea groups is 1. The monoisotopic (exact) mass is 655 g/mol. The van der Waals surface area contributed by atoms with E-state index in [-0.39, 0.29) is 36.0 Å². The number of hydrogen-bond acceptors (Lipinski definition) is 7. The number of hydrogen-bond donors (Lipinski definition) is 2. The van der Waals surface area contributed by atoms with Crippen LogP contribution in [-0.2, 0) is 14.4 Å². The van der Waals surface area contributed by atoms with Crippen LogP contribution in [0, 0.1) is 6.92 Å². The number of ether oxygens (including phenoxy) is 3. The molecule has 1 saturated heterocycles. The van der Waals surface area contributed by atoms with Crippen molar-refractivity contribution in [1.29, 1.82) is 0 Å². The summed E-state index contributed by atoms with van der Waals surface area (Å²) < 4.78 is 17.3. The summed E-state index contributed by atoms with van der Waals surface area (Å²) in [5.74, 6) is -0.955. The average molecular weight is 657 g/mol. The zero-order valence-electron chi connectivity index (χ0n) is 23.0. The van der Waals surface area contributed by atoms with Gasteiger partial charge in [0.1, 0.15) is 11.3 Å². The molecule has 10 nitrogen and oxygen atoms in total. The molecule has 0 unspecified atom stereocenters. The maximum absolute atomic E-state index is 13.3. The minimum Gasteiger partial charge on any atom is -0.494 e. The lowest BCUT2D eigenvalue weighted by atomic mass is 10.1. The fraction of sp³-hybridized carbons (Fsp3) is 0.200. The molecule has 1 aliphatic heterocycles. The largest absolute Gasteiger partial charge is 0.494 e. The highest BCUT2D eigenvalue weighted by molar-refractivity contribution is 9.10. The van der Waals surface area contributed by atoms with E-state index in [1.54, 1.807) is 61.5 Å². The van der Waals surface area contributed by atoms with Crippen LogP contribution in [0.15, 0.2) is 64.6 Å². The Morgan fingerprint density at radius 2 is 1.71 bits per heavy atom. The molecule has 0 aromatic heterocycles. The number of anilines is 2. The predicted molar refractivity (Wildman–Crippen MR) is 162 cm³/mol. The van der Waals surface area contributed by atoms with E-state index in [1.165, 1.54) is 6.08 Å². The lowest BCUT2D eigenvalue weighted by Gasteiger charge is -2.26. The number of carbonyl (C=O) groups excluding carboxylic acids is 4. The zero-order chi connectivity index (χ0) is 30.4. The highest BCUT2D eigenvalue weighted by Crippen LogP contribution is 2.38. The maximum Gasteiger partial charge on any atom is 0.335 e. The molecule has 2 N–H and O–H groups in total. The summed E-state index contributed by atoms with van der Waals surface area (Å²) in [5, 5.41) is 5.45. The SMILES string of the molecule is CCOc1ccc(N2C(=O)NC(=O)/C(=C\c3cc(Br)c(OCC(=O)Nc4ccc(C)c(Cl)c4)c(OCC)c3)C2=O)cc1. The summed E-state index contributed by atoms with van der Waals surface area (Å²) in [6.07, 6.45) is 1.34. The van der Waals surface area contributed by atoms with Gasteiger partial charge in [-0.15, -0.1) is 0 Å². The number of barbiturate groups is 1. The molecule has 12 heteroatoms. The van der Waals surface area contributed by atoms with Crippen molar-refractivity contribution in [2.24, 2.45) is 0 Å². The quantitative estimate of drug-likeness (QED) is 0.206. The number of halogens is 2. The van der Waals surface area contributed by atoms with Gasteiger partial charge in [-0.3, -0.25) is 19.7 Å². The van der Waals surface area contributed by atoms with Crippen molar-refractivity contribution in [3.8, 4) is 17.2 Å². The molecule has 1 aliphatic rings. The van der Waals surface area contributed by atoms with Crippen LogP contribution in [0.3, 0.4) is 0 Å². The average Bonchev–Trinajstić information content (AvgIpc) is 2.94. The van der Waals surface area contributed by atoms with E-state index in [0.29, 0.717) is 33.1 Å². The number of aryl methyl sites for hydroxylation is 1. The molecule has 0 spiro atoms. The fourth-order valence-electron chi connectivity index (χ4n) is 4.00. The smallest absolute Gasteiger partial charge is 0.335 e. The lowest BCUT2D eigenvalue weighted by Crippen LogP contribution is -2.54. The molecule has 0 aliphatic carbocycles. The van der Waals surface area contributed by atoms with Crippen molar-refractivity contribution in [1.82, 2.24) is 5.32 Å². The van der Waals surface area contributed by atoms with E-state index in [4.69, 9.17) is 25.8 Å². The molecule has 1 heterocycles. The summed E-state index contributed by atoms with van der Waals surface area (Å²) in [6.45, 7) is 5.88. The molecule has 0 atom stereocenters. The van der Waals surface area contributed by atoms with E-state index in [9.17, 15) is 19.2 Å². The van der Waals surface area contributed by atoms with E-state index in [1.807, 2.05) is 13.8 Å². The van der Waals surface area contributed by atoms with E-state index in [0.717, 1.165) is 10.5 Å². The molecule has 5 amide bonds. The lowest BCUT2D eigenvalue weighted by molar-refractivity contribution is -0.122. The summed E-state index contributed by atoms with van der Waals surface area (Å²) >= 11 is 9.56. The Balaban J connectivity index is 1.56. The Morgan fingerprint density at radius 1 is 1.00 bits per heavy atom. The molecule has 0 bridgehead atoms. The second-order valence-electron chi connectivity index (χ2n) is 8.95. The topological polar surface area (TPSA) is 123 Å². The number of amides is 5. The Bertz CT molecular complexity index is 1570. The second kappa shape index (κ2) is 13.5. The Morgan fingerprint density at radius 3 is 2.38 bits per heavy atom. The zero-order valence-corrected chi connectivity index (χ0v) is 25.3. The molecule has 1 fully saturated rings. The van der Waals surface area contributed by atoms with Gasteiger partial charge in [0.25, 0.3) is 17.7 Å². The van der Waals surface area contributed by atoms with Crippen molar-refractivity contribution in [3.05, 3.63) is 80.8 Å².